The van der Waals surface area contributed by atoms with Gasteiger partial charge in [0.15, 0.2) is 0 Å². The molecule has 170 valence electrons. The Labute approximate surface area is 205 Å². The predicted octanol–water partition coefficient (Wildman–Crippen LogP) is 9.77. The van der Waals surface area contributed by atoms with Gasteiger partial charge in [-0.25, -0.2) is 0 Å². The summed E-state index contributed by atoms with van der Waals surface area (Å²) in [6.45, 7) is 6.33. The third kappa shape index (κ3) is 3.15. The Balaban J connectivity index is 0.00000112. The van der Waals surface area contributed by atoms with Crippen molar-refractivity contribution >= 4 is 53.9 Å². The highest BCUT2D eigenvalue weighted by atomic mass is 16.3. The van der Waals surface area contributed by atoms with Crippen molar-refractivity contribution in [3.63, 3.8) is 0 Å². The van der Waals surface area contributed by atoms with Crippen LogP contribution in [0.2, 0.25) is 0 Å². The Morgan fingerprint density at radius 3 is 1.69 bits per heavy atom. The number of phenols is 1. The number of fused-ring (bicyclic) bond motifs is 2. The number of hydrogen-bond donors (Lipinski definition) is 1. The van der Waals surface area contributed by atoms with Crippen molar-refractivity contribution in [1.29, 1.82) is 0 Å². The molecule has 0 fully saturated rings. The minimum absolute atomic E-state index is 0.208. The van der Waals surface area contributed by atoms with Crippen LogP contribution >= 0.6 is 0 Å². The molecular formula is C34H28O. The zero-order chi connectivity index (χ0) is 24.1. The van der Waals surface area contributed by atoms with E-state index in [1.807, 2.05) is 26.0 Å². The van der Waals surface area contributed by atoms with Crippen LogP contribution in [0.25, 0.3) is 53.9 Å². The smallest absolute Gasteiger partial charge is 0.123 e. The van der Waals surface area contributed by atoms with Gasteiger partial charge in [-0.2, -0.15) is 0 Å². The Bertz CT molecular complexity index is 1790. The maximum atomic E-state index is 10.5. The van der Waals surface area contributed by atoms with Crippen molar-refractivity contribution in [3.05, 3.63) is 114 Å². The van der Waals surface area contributed by atoms with E-state index in [1.54, 1.807) is 6.07 Å². The zero-order valence-electron chi connectivity index (χ0n) is 20.3. The van der Waals surface area contributed by atoms with E-state index in [0.29, 0.717) is 5.75 Å². The molecule has 0 saturated heterocycles. The summed E-state index contributed by atoms with van der Waals surface area (Å²) >= 11 is 0. The van der Waals surface area contributed by atoms with E-state index in [1.165, 1.54) is 54.2 Å². The normalized spacial score (nSPS) is 12.4. The third-order valence-corrected chi connectivity index (χ3v) is 7.39. The van der Waals surface area contributed by atoms with E-state index in [0.717, 1.165) is 10.8 Å². The number of benzene rings is 7. The second-order valence-corrected chi connectivity index (χ2v) is 9.12. The van der Waals surface area contributed by atoms with E-state index < -0.39 is 0 Å². The molecule has 7 rings (SSSR count). The SMILES string of the molecule is CC.CC(c1c2ccccc2cc2ccccc12)c1ccc2ccc3c(O)ccc4ccc1c2c43. The van der Waals surface area contributed by atoms with Gasteiger partial charge in [-0.3, -0.25) is 0 Å². The lowest BCUT2D eigenvalue weighted by molar-refractivity contribution is 0.482. The van der Waals surface area contributed by atoms with Crippen LogP contribution in [-0.4, -0.2) is 5.11 Å². The monoisotopic (exact) mass is 452 g/mol. The average molecular weight is 453 g/mol. The molecule has 0 spiro atoms. The first kappa shape index (κ1) is 21.4. The minimum Gasteiger partial charge on any atom is -0.507 e. The van der Waals surface area contributed by atoms with Crippen LogP contribution in [0.5, 0.6) is 5.75 Å². The summed E-state index contributed by atoms with van der Waals surface area (Å²) in [5, 5.41) is 22.7. The second-order valence-electron chi connectivity index (χ2n) is 9.12. The van der Waals surface area contributed by atoms with E-state index >= 15 is 0 Å². The van der Waals surface area contributed by atoms with Gasteiger partial charge in [0.2, 0.25) is 0 Å². The molecule has 7 aromatic rings. The first-order valence-electron chi connectivity index (χ1n) is 12.5. The molecule has 0 heterocycles. The van der Waals surface area contributed by atoms with E-state index in [9.17, 15) is 5.11 Å². The molecule has 7 aromatic carbocycles. The summed E-state index contributed by atoms with van der Waals surface area (Å²) < 4.78 is 0. The molecule has 1 heteroatoms. The first-order valence-corrected chi connectivity index (χ1v) is 12.5. The quantitative estimate of drug-likeness (QED) is 0.204. The summed E-state index contributed by atoms with van der Waals surface area (Å²) in [5.41, 5.74) is 2.70. The number of aromatic hydroxyl groups is 1. The van der Waals surface area contributed by atoms with Gasteiger partial charge in [0.05, 0.1) is 0 Å². The summed E-state index contributed by atoms with van der Waals surface area (Å²) in [7, 11) is 0. The van der Waals surface area contributed by atoms with Gasteiger partial charge in [0.1, 0.15) is 5.75 Å². The molecule has 0 radical (unpaired) electrons. The summed E-state index contributed by atoms with van der Waals surface area (Å²) in [4.78, 5) is 0. The van der Waals surface area contributed by atoms with Crippen LogP contribution in [0.4, 0.5) is 0 Å². The van der Waals surface area contributed by atoms with Gasteiger partial charge in [-0.05, 0) is 66.3 Å². The Hall–Kier alpha value is -4.10. The van der Waals surface area contributed by atoms with E-state index in [2.05, 4.69) is 91.9 Å². The fraction of sp³-hybridized carbons (Fsp3) is 0.118. The van der Waals surface area contributed by atoms with Gasteiger partial charge >= 0.3 is 0 Å². The highest BCUT2D eigenvalue weighted by Crippen LogP contribution is 2.43. The summed E-state index contributed by atoms with van der Waals surface area (Å²) in [6.07, 6.45) is 0. The van der Waals surface area contributed by atoms with Crippen molar-refractivity contribution in [2.75, 3.05) is 0 Å². The highest BCUT2D eigenvalue weighted by Gasteiger charge is 2.20. The molecule has 0 aliphatic rings. The van der Waals surface area contributed by atoms with E-state index in [-0.39, 0.29) is 5.92 Å². The van der Waals surface area contributed by atoms with E-state index in [4.69, 9.17) is 0 Å². The van der Waals surface area contributed by atoms with Gasteiger partial charge in [0.25, 0.3) is 0 Å². The molecule has 0 aliphatic heterocycles. The molecule has 0 bridgehead atoms. The molecule has 1 unspecified atom stereocenters. The molecular weight excluding hydrogens is 424 g/mol. The van der Waals surface area contributed by atoms with Crippen molar-refractivity contribution < 1.29 is 5.11 Å². The fourth-order valence-corrected chi connectivity index (χ4v) is 5.86. The van der Waals surface area contributed by atoms with Gasteiger partial charge in [0, 0.05) is 16.7 Å². The highest BCUT2D eigenvalue weighted by molar-refractivity contribution is 6.24. The maximum Gasteiger partial charge on any atom is 0.123 e. The number of phenolic OH excluding ortho intramolecular Hbond substituents is 1. The van der Waals surface area contributed by atoms with Crippen LogP contribution in [0.3, 0.4) is 0 Å². The number of hydrogen-bond acceptors (Lipinski definition) is 1. The minimum atomic E-state index is 0.208. The Morgan fingerprint density at radius 2 is 1.03 bits per heavy atom. The summed E-state index contributed by atoms with van der Waals surface area (Å²) in [5.74, 6) is 0.551. The van der Waals surface area contributed by atoms with Crippen molar-refractivity contribution in [2.24, 2.45) is 0 Å². The largest absolute Gasteiger partial charge is 0.507 e. The van der Waals surface area contributed by atoms with Gasteiger partial charge in [-0.1, -0.05) is 112 Å². The predicted molar refractivity (Wildman–Crippen MR) is 152 cm³/mol. The fourth-order valence-electron chi connectivity index (χ4n) is 5.86. The molecule has 1 nitrogen and oxygen atoms in total. The second kappa shape index (κ2) is 8.29. The van der Waals surface area contributed by atoms with Crippen LogP contribution in [0.1, 0.15) is 37.8 Å². The Morgan fingerprint density at radius 1 is 0.514 bits per heavy atom. The maximum absolute atomic E-state index is 10.5. The molecule has 35 heavy (non-hydrogen) atoms. The first-order chi connectivity index (χ1) is 17.2. The van der Waals surface area contributed by atoms with Crippen LogP contribution < -0.4 is 0 Å². The molecule has 1 N–H and O–H groups in total. The Kier molecular flexibility index (Phi) is 5.07. The third-order valence-electron chi connectivity index (χ3n) is 7.39. The standard InChI is InChI=1S/C32H22O.C2H6/c1-19(30-25-8-4-2-6-22(25)18-23-7-3-5-9-26(23)30)24-14-10-20-12-16-28-29(33)17-13-21-11-15-27(24)31(20)32(21)28;1-2/h2-19,33H,1H3;1-2H3. The molecule has 0 saturated carbocycles. The number of rotatable bonds is 2. The molecule has 0 aromatic heterocycles. The topological polar surface area (TPSA) is 20.2 Å². The lowest BCUT2D eigenvalue weighted by Crippen LogP contribution is -2.01. The lowest BCUT2D eigenvalue weighted by Gasteiger charge is -2.22. The van der Waals surface area contributed by atoms with Crippen LogP contribution in [-0.2, 0) is 0 Å². The average Bonchev–Trinajstić information content (AvgIpc) is 2.92. The zero-order valence-corrected chi connectivity index (χ0v) is 20.3. The van der Waals surface area contributed by atoms with Gasteiger partial charge < -0.3 is 5.11 Å². The summed E-state index contributed by atoms with van der Waals surface area (Å²) in [6, 6.07) is 36.7. The van der Waals surface area contributed by atoms with Crippen LogP contribution in [0.15, 0.2) is 103 Å². The lowest BCUT2D eigenvalue weighted by atomic mass is 9.82. The van der Waals surface area contributed by atoms with Crippen molar-refractivity contribution in [3.8, 4) is 5.75 Å². The molecule has 0 aliphatic carbocycles. The van der Waals surface area contributed by atoms with Crippen molar-refractivity contribution in [2.45, 2.75) is 26.7 Å². The van der Waals surface area contributed by atoms with Crippen molar-refractivity contribution in [1.82, 2.24) is 0 Å². The molecule has 1 atom stereocenters. The van der Waals surface area contributed by atoms with Crippen LogP contribution in [0, 0.1) is 0 Å². The van der Waals surface area contributed by atoms with Gasteiger partial charge in [-0.15, -0.1) is 0 Å². The molecule has 0 amide bonds.